The number of esters is 1. The van der Waals surface area contributed by atoms with Crippen molar-refractivity contribution in [3.8, 4) is 0 Å². The summed E-state index contributed by atoms with van der Waals surface area (Å²) >= 11 is 0. The molecule has 2 fully saturated rings. The van der Waals surface area contributed by atoms with Crippen LogP contribution >= 0.6 is 0 Å². The van der Waals surface area contributed by atoms with Gasteiger partial charge < -0.3 is 9.47 Å². The molecule has 2 aliphatic rings. The molecule has 0 spiro atoms. The minimum absolute atomic E-state index is 0.0176. The zero-order valence-corrected chi connectivity index (χ0v) is 12.8. The Morgan fingerprint density at radius 1 is 1.38 bits per heavy atom. The molecule has 3 heterocycles. The van der Waals surface area contributed by atoms with Crippen LogP contribution in [0.5, 0.6) is 0 Å². The van der Waals surface area contributed by atoms with Crippen molar-refractivity contribution >= 4 is 5.97 Å². The SMILES string of the molecule is Cc1nc(C)n(C[C@@H]2CN([C@@H]3C[C@H](C)OC3=O)CCO2)n1. The fourth-order valence-electron chi connectivity index (χ4n) is 3.10. The normalized spacial score (nSPS) is 30.6. The van der Waals surface area contributed by atoms with Gasteiger partial charge in [-0.15, -0.1) is 0 Å². The van der Waals surface area contributed by atoms with Gasteiger partial charge in [-0.25, -0.2) is 9.67 Å². The van der Waals surface area contributed by atoms with Gasteiger partial charge in [-0.05, 0) is 20.8 Å². The Morgan fingerprint density at radius 3 is 2.81 bits per heavy atom. The van der Waals surface area contributed by atoms with Gasteiger partial charge in [0.1, 0.15) is 23.8 Å². The van der Waals surface area contributed by atoms with Gasteiger partial charge in [-0.2, -0.15) is 5.10 Å². The van der Waals surface area contributed by atoms with Crippen LogP contribution < -0.4 is 0 Å². The quantitative estimate of drug-likeness (QED) is 0.747. The van der Waals surface area contributed by atoms with Gasteiger partial charge >= 0.3 is 5.97 Å². The number of aryl methyl sites for hydroxylation is 2. The van der Waals surface area contributed by atoms with Crippen molar-refractivity contribution in [3.63, 3.8) is 0 Å². The number of hydrogen-bond acceptors (Lipinski definition) is 6. The monoisotopic (exact) mass is 294 g/mol. The molecule has 0 aliphatic carbocycles. The summed E-state index contributed by atoms with van der Waals surface area (Å²) in [5.74, 6) is 1.56. The minimum atomic E-state index is -0.120. The number of ether oxygens (including phenoxy) is 2. The lowest BCUT2D eigenvalue weighted by molar-refractivity contribution is -0.147. The van der Waals surface area contributed by atoms with E-state index in [1.54, 1.807) is 0 Å². The Bertz CT molecular complexity index is 530. The maximum Gasteiger partial charge on any atom is 0.323 e. The van der Waals surface area contributed by atoms with Crippen molar-refractivity contribution < 1.29 is 14.3 Å². The lowest BCUT2D eigenvalue weighted by Gasteiger charge is -2.35. The van der Waals surface area contributed by atoms with Gasteiger partial charge in [0.25, 0.3) is 0 Å². The molecule has 0 aromatic carbocycles. The number of carbonyl (C=O) groups excluding carboxylic acids is 1. The van der Waals surface area contributed by atoms with E-state index in [0.29, 0.717) is 13.2 Å². The highest BCUT2D eigenvalue weighted by Crippen LogP contribution is 2.22. The second kappa shape index (κ2) is 5.73. The topological polar surface area (TPSA) is 69.5 Å². The molecule has 0 radical (unpaired) electrons. The fourth-order valence-corrected chi connectivity index (χ4v) is 3.10. The van der Waals surface area contributed by atoms with Gasteiger partial charge in [-0.1, -0.05) is 0 Å². The highest BCUT2D eigenvalue weighted by molar-refractivity contribution is 5.78. The number of rotatable bonds is 3. The molecule has 7 heteroatoms. The van der Waals surface area contributed by atoms with E-state index in [0.717, 1.165) is 31.2 Å². The highest BCUT2D eigenvalue weighted by atomic mass is 16.6. The zero-order valence-electron chi connectivity index (χ0n) is 12.8. The third-order valence-corrected chi connectivity index (χ3v) is 4.09. The van der Waals surface area contributed by atoms with Crippen LogP contribution in [0.4, 0.5) is 0 Å². The summed E-state index contributed by atoms with van der Waals surface area (Å²) in [5.41, 5.74) is 0. The van der Waals surface area contributed by atoms with Gasteiger partial charge in [0.05, 0.1) is 19.3 Å². The van der Waals surface area contributed by atoms with Gasteiger partial charge in [0, 0.05) is 19.5 Å². The Hall–Kier alpha value is -1.47. The molecule has 1 aromatic heterocycles. The molecule has 1 aromatic rings. The first-order chi connectivity index (χ1) is 10.0. The van der Waals surface area contributed by atoms with Crippen molar-refractivity contribution in [2.75, 3.05) is 19.7 Å². The second-order valence-corrected chi connectivity index (χ2v) is 5.88. The summed E-state index contributed by atoms with van der Waals surface area (Å²) in [5, 5.41) is 4.37. The minimum Gasteiger partial charge on any atom is -0.461 e. The summed E-state index contributed by atoms with van der Waals surface area (Å²) in [7, 11) is 0. The summed E-state index contributed by atoms with van der Waals surface area (Å²) < 4.78 is 12.9. The molecule has 3 rings (SSSR count). The van der Waals surface area contributed by atoms with Crippen LogP contribution in [0.3, 0.4) is 0 Å². The van der Waals surface area contributed by atoms with Crippen molar-refractivity contribution in [2.45, 2.75) is 52.0 Å². The van der Waals surface area contributed by atoms with Crippen molar-refractivity contribution in [1.29, 1.82) is 0 Å². The predicted molar refractivity (Wildman–Crippen MR) is 74.8 cm³/mol. The van der Waals surface area contributed by atoms with E-state index in [1.165, 1.54) is 0 Å². The number of nitrogens with zero attached hydrogens (tertiary/aromatic N) is 4. The molecule has 0 saturated carbocycles. The predicted octanol–water partition coefficient (Wildman–Crippen LogP) is 0.300. The average molecular weight is 294 g/mol. The summed E-state index contributed by atoms with van der Waals surface area (Å²) in [6, 6.07) is -0.120. The first kappa shape index (κ1) is 14.5. The maximum absolute atomic E-state index is 11.9. The van der Waals surface area contributed by atoms with Crippen molar-refractivity contribution in [2.24, 2.45) is 0 Å². The Kier molecular flexibility index (Phi) is 3.95. The number of morpholine rings is 1. The lowest BCUT2D eigenvalue weighted by atomic mass is 10.1. The fraction of sp³-hybridized carbons (Fsp3) is 0.786. The number of aromatic nitrogens is 3. The number of hydrogen-bond donors (Lipinski definition) is 0. The first-order valence-electron chi connectivity index (χ1n) is 7.47. The maximum atomic E-state index is 11.9. The second-order valence-electron chi connectivity index (χ2n) is 5.88. The van der Waals surface area contributed by atoms with E-state index in [1.807, 2.05) is 25.5 Å². The summed E-state index contributed by atoms with van der Waals surface area (Å²) in [4.78, 5) is 18.4. The molecule has 21 heavy (non-hydrogen) atoms. The molecule has 2 aliphatic heterocycles. The lowest BCUT2D eigenvalue weighted by Crippen LogP contribution is -2.50. The van der Waals surface area contributed by atoms with E-state index in [2.05, 4.69) is 15.0 Å². The van der Waals surface area contributed by atoms with Crippen molar-refractivity contribution in [1.82, 2.24) is 19.7 Å². The third kappa shape index (κ3) is 3.08. The average Bonchev–Trinajstić information content (AvgIpc) is 2.92. The van der Waals surface area contributed by atoms with E-state index in [-0.39, 0.29) is 24.2 Å². The van der Waals surface area contributed by atoms with Crippen molar-refractivity contribution in [3.05, 3.63) is 11.6 Å². The molecule has 3 atom stereocenters. The molecular formula is C14H22N4O3. The first-order valence-corrected chi connectivity index (χ1v) is 7.47. The molecule has 116 valence electrons. The zero-order chi connectivity index (χ0) is 15.0. The summed E-state index contributed by atoms with van der Waals surface area (Å²) in [6.45, 7) is 8.57. The van der Waals surface area contributed by atoms with Crippen LogP contribution in [0.2, 0.25) is 0 Å². The van der Waals surface area contributed by atoms with E-state index >= 15 is 0 Å². The molecular weight excluding hydrogens is 272 g/mol. The Morgan fingerprint density at radius 2 is 2.19 bits per heavy atom. The van der Waals surface area contributed by atoms with Crippen LogP contribution in [-0.2, 0) is 20.8 Å². The molecule has 0 amide bonds. The molecule has 7 nitrogen and oxygen atoms in total. The summed E-state index contributed by atoms with van der Waals surface area (Å²) in [6.07, 6.45) is 0.818. The standard InChI is InChI=1S/C14H22N4O3/c1-9-6-13(14(19)21-9)17-4-5-20-12(7-17)8-18-11(3)15-10(2)16-18/h9,12-13H,4-8H2,1-3H3/t9-,12-,13+/m0/s1. The van der Waals surface area contributed by atoms with Gasteiger partial charge in [0.15, 0.2) is 0 Å². The van der Waals surface area contributed by atoms with E-state index in [9.17, 15) is 4.79 Å². The third-order valence-electron chi connectivity index (χ3n) is 4.09. The number of carbonyl (C=O) groups is 1. The molecule has 0 unspecified atom stereocenters. The van der Waals surface area contributed by atoms with Crippen LogP contribution in [0, 0.1) is 13.8 Å². The Labute approximate surface area is 124 Å². The van der Waals surface area contributed by atoms with Crippen LogP contribution in [-0.4, -0.2) is 63.6 Å². The smallest absolute Gasteiger partial charge is 0.323 e. The number of cyclic esters (lactones) is 1. The highest BCUT2D eigenvalue weighted by Gasteiger charge is 2.38. The van der Waals surface area contributed by atoms with Crippen LogP contribution in [0.15, 0.2) is 0 Å². The molecule has 0 bridgehead atoms. The Balaban J connectivity index is 1.63. The van der Waals surface area contributed by atoms with Gasteiger partial charge in [-0.3, -0.25) is 9.69 Å². The van der Waals surface area contributed by atoms with Crippen LogP contribution in [0.1, 0.15) is 25.0 Å². The van der Waals surface area contributed by atoms with Crippen LogP contribution in [0.25, 0.3) is 0 Å². The molecule has 0 N–H and O–H groups in total. The van der Waals surface area contributed by atoms with E-state index in [4.69, 9.17) is 9.47 Å². The molecule has 2 saturated heterocycles. The largest absolute Gasteiger partial charge is 0.461 e. The van der Waals surface area contributed by atoms with E-state index < -0.39 is 0 Å². The van der Waals surface area contributed by atoms with Gasteiger partial charge in [0.2, 0.25) is 0 Å².